The van der Waals surface area contributed by atoms with Crippen LogP contribution in [0, 0.1) is 0 Å². The molecular formula is C38H23BN2O2. The summed E-state index contributed by atoms with van der Waals surface area (Å²) in [7, 11) is 0. The third-order valence-corrected chi connectivity index (χ3v) is 9.01. The molecule has 0 aliphatic carbocycles. The lowest BCUT2D eigenvalue weighted by Crippen LogP contribution is -2.58. The first-order chi connectivity index (χ1) is 21.3. The summed E-state index contributed by atoms with van der Waals surface area (Å²) >= 11 is 0. The molecule has 0 saturated carbocycles. The number of hydrogen-bond acceptors (Lipinski definition) is 3. The van der Waals surface area contributed by atoms with Crippen LogP contribution in [0.5, 0.6) is 11.5 Å². The Morgan fingerprint density at radius 1 is 0.535 bits per heavy atom. The van der Waals surface area contributed by atoms with Crippen molar-refractivity contribution < 1.29 is 9.15 Å². The van der Waals surface area contributed by atoms with Crippen LogP contribution < -0.4 is 26.0 Å². The van der Waals surface area contributed by atoms with Crippen LogP contribution in [0.3, 0.4) is 0 Å². The lowest BCUT2D eigenvalue weighted by atomic mass is 9.34. The number of fused-ring (bicyclic) bond motifs is 9. The minimum atomic E-state index is 0.0485. The van der Waals surface area contributed by atoms with Crippen molar-refractivity contribution in [1.82, 2.24) is 4.57 Å². The fourth-order valence-electron chi connectivity index (χ4n) is 7.31. The molecule has 0 amide bonds. The van der Waals surface area contributed by atoms with Gasteiger partial charge in [-0.3, -0.25) is 0 Å². The Hall–Kier alpha value is -5.68. The number of para-hydroxylation sites is 5. The maximum absolute atomic E-state index is 6.79. The van der Waals surface area contributed by atoms with E-state index in [4.69, 9.17) is 9.15 Å². The largest absolute Gasteiger partial charge is 0.458 e. The second-order valence-electron chi connectivity index (χ2n) is 11.3. The van der Waals surface area contributed by atoms with Crippen LogP contribution in [0.25, 0.3) is 38.7 Å². The predicted molar refractivity (Wildman–Crippen MR) is 176 cm³/mol. The van der Waals surface area contributed by atoms with E-state index in [1.807, 2.05) is 6.07 Å². The van der Waals surface area contributed by atoms with Crippen molar-refractivity contribution >= 4 is 73.1 Å². The third-order valence-electron chi connectivity index (χ3n) is 9.01. The van der Waals surface area contributed by atoms with E-state index >= 15 is 0 Å². The lowest BCUT2D eigenvalue weighted by Gasteiger charge is -2.35. The van der Waals surface area contributed by atoms with Gasteiger partial charge in [0.05, 0.1) is 11.2 Å². The van der Waals surface area contributed by atoms with Crippen molar-refractivity contribution in [3.63, 3.8) is 0 Å². The summed E-state index contributed by atoms with van der Waals surface area (Å²) < 4.78 is 15.8. The number of ether oxygens (including phenoxy) is 1. The second kappa shape index (κ2) is 8.43. The molecule has 0 unspecified atom stereocenters. The monoisotopic (exact) mass is 550 g/mol. The number of anilines is 3. The Bertz CT molecular complexity index is 2350. The zero-order valence-electron chi connectivity index (χ0n) is 23.1. The summed E-state index contributed by atoms with van der Waals surface area (Å²) in [5, 5.41) is 2.24. The van der Waals surface area contributed by atoms with Crippen LogP contribution >= 0.6 is 0 Å². The van der Waals surface area contributed by atoms with Gasteiger partial charge in [0.1, 0.15) is 22.6 Å². The fraction of sp³-hybridized carbons (Fsp3) is 0. The first-order valence-electron chi connectivity index (χ1n) is 14.6. The molecule has 2 aliphatic rings. The average molecular weight is 550 g/mol. The second-order valence-corrected chi connectivity index (χ2v) is 11.3. The number of benzene rings is 6. The van der Waals surface area contributed by atoms with E-state index in [1.165, 1.54) is 21.9 Å². The van der Waals surface area contributed by atoms with Crippen LogP contribution in [-0.2, 0) is 0 Å². The molecule has 200 valence electrons. The molecule has 2 aromatic heterocycles. The van der Waals surface area contributed by atoms with Crippen LogP contribution in [0.2, 0.25) is 0 Å². The van der Waals surface area contributed by atoms with E-state index in [0.717, 1.165) is 61.7 Å². The molecule has 0 saturated heterocycles. The van der Waals surface area contributed by atoms with Gasteiger partial charge in [0, 0.05) is 33.9 Å². The van der Waals surface area contributed by atoms with E-state index in [-0.39, 0.29) is 6.71 Å². The minimum absolute atomic E-state index is 0.0485. The zero-order chi connectivity index (χ0) is 28.1. The van der Waals surface area contributed by atoms with Gasteiger partial charge < -0.3 is 18.6 Å². The van der Waals surface area contributed by atoms with Crippen molar-refractivity contribution in [3.8, 4) is 17.2 Å². The number of rotatable bonds is 3. The van der Waals surface area contributed by atoms with E-state index in [1.54, 1.807) is 0 Å². The van der Waals surface area contributed by atoms with Gasteiger partial charge >= 0.3 is 0 Å². The summed E-state index contributed by atoms with van der Waals surface area (Å²) in [4.78, 5) is 2.31. The Morgan fingerprint density at radius 2 is 1.21 bits per heavy atom. The highest BCUT2D eigenvalue weighted by Gasteiger charge is 2.41. The standard InChI is InChI=1S/C38H23BN2O2/c1-3-12-24(13-4-1)40(25-14-5-2-6-15-25)26-22-31-35-34(23-26)42-33-21-10-8-18-29(33)39(35)30-19-11-17-28-36(30)41(31)37-27-16-7-9-20-32(27)43-38(28)37/h1-23H. The molecule has 8 aromatic rings. The lowest BCUT2D eigenvalue weighted by molar-refractivity contribution is 0.487. The molecule has 43 heavy (non-hydrogen) atoms. The SMILES string of the molecule is c1ccc(N(c2ccccc2)c2cc3c4c(c2)-n2c5c(cccc5c5oc6ccccc6c52)B4c2ccccc2O3)cc1. The van der Waals surface area contributed by atoms with Crippen molar-refractivity contribution in [3.05, 3.63) is 140 Å². The van der Waals surface area contributed by atoms with Gasteiger partial charge in [0.15, 0.2) is 5.58 Å². The van der Waals surface area contributed by atoms with Crippen molar-refractivity contribution in [2.75, 3.05) is 4.90 Å². The predicted octanol–water partition coefficient (Wildman–Crippen LogP) is 7.94. The highest BCUT2D eigenvalue weighted by Crippen LogP contribution is 2.44. The number of furan rings is 1. The summed E-state index contributed by atoms with van der Waals surface area (Å²) in [6.07, 6.45) is 0. The first-order valence-corrected chi connectivity index (χ1v) is 14.6. The molecule has 6 aromatic carbocycles. The Labute approximate surface area is 248 Å². The van der Waals surface area contributed by atoms with Crippen LogP contribution in [0.1, 0.15) is 0 Å². The molecule has 0 N–H and O–H groups in total. The smallest absolute Gasteiger partial charge is 0.256 e. The number of aromatic nitrogens is 1. The maximum atomic E-state index is 6.79. The molecular weight excluding hydrogens is 527 g/mol. The molecule has 10 rings (SSSR count). The normalized spacial score (nSPS) is 12.8. The van der Waals surface area contributed by atoms with Gasteiger partial charge in [-0.15, -0.1) is 0 Å². The summed E-state index contributed by atoms with van der Waals surface area (Å²) in [6, 6.07) is 49.1. The molecule has 4 nitrogen and oxygen atoms in total. The van der Waals surface area contributed by atoms with E-state index in [2.05, 4.69) is 143 Å². The van der Waals surface area contributed by atoms with Gasteiger partial charge in [0.25, 0.3) is 6.71 Å². The Morgan fingerprint density at radius 3 is 2.02 bits per heavy atom. The van der Waals surface area contributed by atoms with Crippen LogP contribution in [-0.4, -0.2) is 11.3 Å². The molecule has 0 fully saturated rings. The van der Waals surface area contributed by atoms with Crippen molar-refractivity contribution in [1.29, 1.82) is 0 Å². The van der Waals surface area contributed by atoms with Gasteiger partial charge in [-0.25, -0.2) is 0 Å². The Kier molecular flexibility index (Phi) is 4.50. The topological polar surface area (TPSA) is 30.5 Å². The highest BCUT2D eigenvalue weighted by atomic mass is 16.5. The molecule has 2 aliphatic heterocycles. The fourth-order valence-corrected chi connectivity index (χ4v) is 7.31. The van der Waals surface area contributed by atoms with Crippen LogP contribution in [0.15, 0.2) is 144 Å². The quantitative estimate of drug-likeness (QED) is 0.209. The zero-order valence-corrected chi connectivity index (χ0v) is 23.1. The average Bonchev–Trinajstić information content (AvgIpc) is 3.60. The first kappa shape index (κ1) is 22.9. The molecule has 4 heterocycles. The van der Waals surface area contributed by atoms with Gasteiger partial charge in [-0.05, 0) is 71.0 Å². The van der Waals surface area contributed by atoms with Gasteiger partial charge in [0.2, 0.25) is 0 Å². The van der Waals surface area contributed by atoms with E-state index in [0.29, 0.717) is 0 Å². The van der Waals surface area contributed by atoms with Crippen molar-refractivity contribution in [2.45, 2.75) is 0 Å². The van der Waals surface area contributed by atoms with Gasteiger partial charge in [-0.1, -0.05) is 78.9 Å². The molecule has 5 heteroatoms. The van der Waals surface area contributed by atoms with Gasteiger partial charge in [-0.2, -0.15) is 0 Å². The molecule has 0 spiro atoms. The van der Waals surface area contributed by atoms with E-state index < -0.39 is 0 Å². The number of nitrogens with zero attached hydrogens (tertiary/aromatic N) is 2. The minimum Gasteiger partial charge on any atom is -0.458 e. The number of hydrogen-bond donors (Lipinski definition) is 0. The molecule has 0 atom stereocenters. The third kappa shape index (κ3) is 3.06. The van der Waals surface area contributed by atoms with E-state index in [9.17, 15) is 0 Å². The Balaban J connectivity index is 1.37. The maximum Gasteiger partial charge on any atom is 0.256 e. The summed E-state index contributed by atoms with van der Waals surface area (Å²) in [5.74, 6) is 1.78. The molecule has 0 bridgehead atoms. The van der Waals surface area contributed by atoms with Crippen LogP contribution in [0.4, 0.5) is 17.1 Å². The highest BCUT2D eigenvalue weighted by molar-refractivity contribution is 6.99. The molecule has 0 radical (unpaired) electrons. The summed E-state index contributed by atoms with van der Waals surface area (Å²) in [6.45, 7) is 0.0485. The summed E-state index contributed by atoms with van der Waals surface area (Å²) in [5.41, 5.74) is 12.1. The van der Waals surface area contributed by atoms with Crippen molar-refractivity contribution in [2.24, 2.45) is 0 Å².